The van der Waals surface area contributed by atoms with Crippen LogP contribution in [0.4, 0.5) is 10.1 Å². The average Bonchev–Trinajstić information content (AvgIpc) is 2.54. The van der Waals surface area contributed by atoms with E-state index in [-0.39, 0.29) is 18.0 Å². The van der Waals surface area contributed by atoms with Crippen LogP contribution in [0, 0.1) is 10.1 Å². The van der Waals surface area contributed by atoms with E-state index < -0.39 is 35.7 Å². The Bertz CT molecular complexity index is 608. The lowest BCUT2D eigenvalue weighted by Crippen LogP contribution is -2.58. The minimum absolute atomic E-state index is 0.0781. The van der Waals surface area contributed by atoms with Crippen LogP contribution in [-0.2, 0) is 4.74 Å². The molecule has 1 fully saturated rings. The molecule has 0 aliphatic carbocycles. The molecule has 0 bridgehead atoms. The van der Waals surface area contributed by atoms with Gasteiger partial charge in [0.15, 0.2) is 6.17 Å². The summed E-state index contributed by atoms with van der Waals surface area (Å²) in [6.45, 7) is -0.318. The molecule has 23 heavy (non-hydrogen) atoms. The maximum Gasteiger partial charge on any atom is 0.269 e. The van der Waals surface area contributed by atoms with Gasteiger partial charge in [-0.05, 0) is 17.7 Å². The quantitative estimate of drug-likeness (QED) is 0.271. The Morgan fingerprint density at radius 2 is 2.04 bits per heavy atom. The van der Waals surface area contributed by atoms with Gasteiger partial charge in [0, 0.05) is 17.0 Å². The Balaban J connectivity index is 2.10. The molecule has 11 heteroatoms. The molecule has 1 aromatic carbocycles. The second-order valence-corrected chi connectivity index (χ2v) is 4.75. The first-order valence-electron chi connectivity index (χ1n) is 6.51. The summed E-state index contributed by atoms with van der Waals surface area (Å²) in [7, 11) is 0. The number of nitro groups is 1. The number of alkyl halides is 1. The normalized spacial score (nSPS) is 30.3. The molecule has 1 saturated heterocycles. The van der Waals surface area contributed by atoms with Crippen LogP contribution >= 0.6 is 0 Å². The molecule has 0 spiro atoms. The Labute approximate surface area is 128 Å². The standard InChI is InChI=1S/C12H13FN4O6/c13-9-11(19)10(18)8(5-15-16-14)23-12(9)22-7-3-1-6(2-4-7)17(20)21/h1-4,8-12,18-19H,5H2. The van der Waals surface area contributed by atoms with Gasteiger partial charge in [-0.25, -0.2) is 4.39 Å². The van der Waals surface area contributed by atoms with Crippen molar-refractivity contribution in [2.24, 2.45) is 5.11 Å². The lowest BCUT2D eigenvalue weighted by Gasteiger charge is -2.38. The van der Waals surface area contributed by atoms with Gasteiger partial charge in [0.1, 0.15) is 18.0 Å². The highest BCUT2D eigenvalue weighted by atomic mass is 19.1. The number of azide groups is 1. The fraction of sp³-hybridized carbons (Fsp3) is 0.500. The second-order valence-electron chi connectivity index (χ2n) is 4.75. The van der Waals surface area contributed by atoms with Gasteiger partial charge in [0.25, 0.3) is 5.69 Å². The van der Waals surface area contributed by atoms with Crippen molar-refractivity contribution in [3.05, 3.63) is 44.8 Å². The van der Waals surface area contributed by atoms with Gasteiger partial charge in [0.2, 0.25) is 6.29 Å². The summed E-state index contributed by atoms with van der Waals surface area (Å²) in [5.74, 6) is 0.0781. The SMILES string of the molecule is [N-]=[N+]=NCC1OC(Oc2ccc([N+](=O)[O-])cc2)C(F)C(O)C1O. The third kappa shape index (κ3) is 3.85. The molecule has 2 N–H and O–H groups in total. The number of halogens is 1. The molecule has 1 heterocycles. The fourth-order valence-electron chi connectivity index (χ4n) is 2.04. The first-order chi connectivity index (χ1) is 10.9. The third-order valence-electron chi connectivity index (χ3n) is 3.25. The molecule has 5 unspecified atom stereocenters. The van der Waals surface area contributed by atoms with Crippen molar-refractivity contribution < 1.29 is 29.0 Å². The number of non-ortho nitro benzene ring substituents is 1. The van der Waals surface area contributed by atoms with E-state index >= 15 is 0 Å². The summed E-state index contributed by atoms with van der Waals surface area (Å²) in [6, 6.07) is 4.81. The Morgan fingerprint density at radius 3 is 2.61 bits per heavy atom. The largest absolute Gasteiger partial charge is 0.462 e. The molecule has 1 aliphatic rings. The minimum Gasteiger partial charge on any atom is -0.462 e. The highest BCUT2D eigenvalue weighted by Gasteiger charge is 2.45. The van der Waals surface area contributed by atoms with Crippen LogP contribution in [0.5, 0.6) is 5.75 Å². The molecule has 0 saturated carbocycles. The monoisotopic (exact) mass is 328 g/mol. The van der Waals surface area contributed by atoms with E-state index in [9.17, 15) is 24.7 Å². The van der Waals surface area contributed by atoms with Gasteiger partial charge in [-0.15, -0.1) is 0 Å². The Hall–Kier alpha value is -2.46. The zero-order chi connectivity index (χ0) is 17.0. The van der Waals surface area contributed by atoms with Crippen LogP contribution in [0.3, 0.4) is 0 Å². The number of hydrogen-bond acceptors (Lipinski definition) is 7. The first-order valence-corrected chi connectivity index (χ1v) is 6.51. The number of aliphatic hydroxyl groups excluding tert-OH is 2. The Kier molecular flexibility index (Phi) is 5.29. The number of aliphatic hydroxyl groups is 2. The number of hydrogen-bond donors (Lipinski definition) is 2. The van der Waals surface area contributed by atoms with Crippen LogP contribution in [0.25, 0.3) is 10.4 Å². The van der Waals surface area contributed by atoms with E-state index in [1.165, 1.54) is 12.1 Å². The average molecular weight is 328 g/mol. The third-order valence-corrected chi connectivity index (χ3v) is 3.25. The van der Waals surface area contributed by atoms with Crippen molar-refractivity contribution in [2.45, 2.75) is 30.8 Å². The fourth-order valence-corrected chi connectivity index (χ4v) is 2.04. The number of ether oxygens (including phenoxy) is 2. The van der Waals surface area contributed by atoms with E-state index in [0.717, 1.165) is 12.1 Å². The molecular formula is C12H13FN4O6. The zero-order valence-corrected chi connectivity index (χ0v) is 11.6. The smallest absolute Gasteiger partial charge is 0.269 e. The minimum atomic E-state index is -2.05. The molecule has 0 radical (unpaired) electrons. The van der Waals surface area contributed by atoms with Gasteiger partial charge in [-0.3, -0.25) is 10.1 Å². The van der Waals surface area contributed by atoms with Crippen LogP contribution in [0.1, 0.15) is 0 Å². The van der Waals surface area contributed by atoms with Crippen molar-refractivity contribution >= 4 is 5.69 Å². The van der Waals surface area contributed by atoms with Gasteiger partial charge in [0.05, 0.1) is 17.6 Å². The van der Waals surface area contributed by atoms with Crippen LogP contribution in [0.2, 0.25) is 0 Å². The molecule has 5 atom stereocenters. The molecule has 2 rings (SSSR count). The van der Waals surface area contributed by atoms with Crippen molar-refractivity contribution in [3.8, 4) is 5.75 Å². The van der Waals surface area contributed by atoms with Gasteiger partial charge >= 0.3 is 0 Å². The van der Waals surface area contributed by atoms with Crippen molar-refractivity contribution in [2.75, 3.05) is 6.54 Å². The van der Waals surface area contributed by atoms with E-state index in [2.05, 4.69) is 10.0 Å². The van der Waals surface area contributed by atoms with Crippen LogP contribution < -0.4 is 4.74 Å². The summed E-state index contributed by atoms with van der Waals surface area (Å²) >= 11 is 0. The lowest BCUT2D eigenvalue weighted by atomic mass is 10.00. The topological polar surface area (TPSA) is 151 Å². The Morgan fingerprint density at radius 1 is 1.39 bits per heavy atom. The highest BCUT2D eigenvalue weighted by molar-refractivity contribution is 5.36. The van der Waals surface area contributed by atoms with Gasteiger partial charge < -0.3 is 19.7 Å². The molecule has 124 valence electrons. The zero-order valence-electron chi connectivity index (χ0n) is 11.6. The van der Waals surface area contributed by atoms with Gasteiger partial charge in [-0.2, -0.15) is 0 Å². The van der Waals surface area contributed by atoms with Crippen molar-refractivity contribution in [1.82, 2.24) is 0 Å². The van der Waals surface area contributed by atoms with E-state index in [0.29, 0.717) is 0 Å². The van der Waals surface area contributed by atoms with E-state index in [4.69, 9.17) is 15.0 Å². The number of benzene rings is 1. The predicted molar refractivity (Wildman–Crippen MR) is 73.3 cm³/mol. The maximum absolute atomic E-state index is 14.0. The molecule has 1 aromatic rings. The predicted octanol–water partition coefficient (Wildman–Crippen LogP) is 1.07. The van der Waals surface area contributed by atoms with Crippen LogP contribution in [0.15, 0.2) is 29.4 Å². The maximum atomic E-state index is 14.0. The summed E-state index contributed by atoms with van der Waals surface area (Å²) in [5.41, 5.74) is 8.10. The summed E-state index contributed by atoms with van der Waals surface area (Å²) in [5, 5.41) is 33.1. The summed E-state index contributed by atoms with van der Waals surface area (Å²) < 4.78 is 24.4. The lowest BCUT2D eigenvalue weighted by molar-refractivity contribution is -0.384. The molecule has 10 nitrogen and oxygen atoms in total. The molecule has 0 amide bonds. The van der Waals surface area contributed by atoms with Gasteiger partial charge in [-0.1, -0.05) is 5.11 Å². The second kappa shape index (κ2) is 7.20. The van der Waals surface area contributed by atoms with E-state index in [1.54, 1.807) is 0 Å². The molecule has 1 aliphatic heterocycles. The number of rotatable bonds is 5. The summed E-state index contributed by atoms with van der Waals surface area (Å²) in [6.07, 6.45) is -8.12. The van der Waals surface area contributed by atoms with Crippen LogP contribution in [-0.4, -0.2) is 52.5 Å². The molecular weight excluding hydrogens is 315 g/mol. The van der Waals surface area contributed by atoms with Crippen molar-refractivity contribution in [3.63, 3.8) is 0 Å². The molecule has 0 aromatic heterocycles. The highest BCUT2D eigenvalue weighted by Crippen LogP contribution is 2.27. The number of nitro benzene ring substituents is 1. The summed E-state index contributed by atoms with van der Waals surface area (Å²) in [4.78, 5) is 12.5. The van der Waals surface area contributed by atoms with Crippen molar-refractivity contribution in [1.29, 1.82) is 0 Å². The first kappa shape index (κ1) is 16.9. The number of nitrogens with zero attached hydrogens (tertiary/aromatic N) is 4. The van der Waals surface area contributed by atoms with E-state index in [1.807, 2.05) is 0 Å².